The van der Waals surface area contributed by atoms with Crippen molar-refractivity contribution in [2.75, 3.05) is 18.1 Å². The van der Waals surface area contributed by atoms with Crippen molar-refractivity contribution in [2.24, 2.45) is 0 Å². The van der Waals surface area contributed by atoms with Crippen molar-refractivity contribution in [2.45, 2.75) is 19.9 Å². The minimum absolute atomic E-state index is 0.0827. The second-order valence-corrected chi connectivity index (χ2v) is 8.21. The molecule has 0 spiro atoms. The van der Waals surface area contributed by atoms with Gasteiger partial charge in [0.25, 0.3) is 11.7 Å². The van der Waals surface area contributed by atoms with Crippen molar-refractivity contribution in [1.29, 1.82) is 0 Å². The highest BCUT2D eigenvalue weighted by atomic mass is 35.5. The van der Waals surface area contributed by atoms with Gasteiger partial charge in [-0.2, -0.15) is 0 Å². The fraction of sp³-hybridized carbons (Fsp3) is 0.185. The number of aliphatic hydroxyl groups is 1. The Balaban J connectivity index is 1.95. The summed E-state index contributed by atoms with van der Waals surface area (Å²) >= 11 is 6.10. The minimum Gasteiger partial charge on any atom is -0.507 e. The van der Waals surface area contributed by atoms with Crippen LogP contribution in [0.3, 0.4) is 0 Å². The lowest BCUT2D eigenvalue weighted by Gasteiger charge is -2.26. The van der Waals surface area contributed by atoms with Crippen LogP contribution in [0.5, 0.6) is 17.2 Å². The number of hydrogen-bond acceptors (Lipinski definition) is 6. The number of hydrogen-bond donors (Lipinski definition) is 2. The van der Waals surface area contributed by atoms with Gasteiger partial charge in [-0.25, -0.2) is 0 Å². The quantitative estimate of drug-likeness (QED) is 0.257. The summed E-state index contributed by atoms with van der Waals surface area (Å²) in [5.41, 5.74) is 1.08. The zero-order valence-corrected chi connectivity index (χ0v) is 20.0. The van der Waals surface area contributed by atoms with Crippen LogP contribution in [0.15, 0.2) is 72.3 Å². The SMILES string of the molecule is CCOc1cccc(N2C(=O)C(=O)/C(=C(\O)c3cccc(Cl)c3)C2c2ccc(O)c(OCC)c2)c1. The molecule has 3 aromatic rings. The first-order chi connectivity index (χ1) is 16.8. The van der Waals surface area contributed by atoms with Crippen molar-refractivity contribution in [3.63, 3.8) is 0 Å². The number of nitrogens with zero attached hydrogens (tertiary/aromatic N) is 1. The van der Waals surface area contributed by atoms with Crippen LogP contribution in [0.25, 0.3) is 5.76 Å². The molecule has 1 saturated heterocycles. The number of carbonyl (C=O) groups is 2. The van der Waals surface area contributed by atoms with Gasteiger partial charge in [-0.15, -0.1) is 0 Å². The third-order valence-corrected chi connectivity index (χ3v) is 5.78. The number of aliphatic hydroxyl groups excluding tert-OH is 1. The third kappa shape index (κ3) is 4.68. The molecule has 1 amide bonds. The van der Waals surface area contributed by atoms with E-state index in [0.717, 1.165) is 0 Å². The molecule has 180 valence electrons. The topological polar surface area (TPSA) is 96.3 Å². The molecule has 35 heavy (non-hydrogen) atoms. The lowest BCUT2D eigenvalue weighted by Crippen LogP contribution is -2.29. The van der Waals surface area contributed by atoms with E-state index in [-0.39, 0.29) is 22.8 Å². The van der Waals surface area contributed by atoms with E-state index in [2.05, 4.69) is 0 Å². The monoisotopic (exact) mass is 493 g/mol. The highest BCUT2D eigenvalue weighted by Gasteiger charge is 2.47. The summed E-state index contributed by atoms with van der Waals surface area (Å²) in [5, 5.41) is 21.8. The van der Waals surface area contributed by atoms with Gasteiger partial charge >= 0.3 is 0 Å². The number of ketones is 1. The van der Waals surface area contributed by atoms with Crippen LogP contribution in [-0.2, 0) is 9.59 Å². The van der Waals surface area contributed by atoms with Crippen LogP contribution in [0.4, 0.5) is 5.69 Å². The average molecular weight is 494 g/mol. The van der Waals surface area contributed by atoms with Gasteiger partial charge in [0.15, 0.2) is 11.5 Å². The lowest BCUT2D eigenvalue weighted by molar-refractivity contribution is -0.132. The number of halogens is 1. The summed E-state index contributed by atoms with van der Waals surface area (Å²) in [6, 6.07) is 16.8. The molecule has 4 rings (SSSR count). The summed E-state index contributed by atoms with van der Waals surface area (Å²) in [7, 11) is 0. The fourth-order valence-corrected chi connectivity index (χ4v) is 4.26. The Morgan fingerprint density at radius 3 is 2.43 bits per heavy atom. The van der Waals surface area contributed by atoms with Crippen LogP contribution in [0.1, 0.15) is 31.0 Å². The van der Waals surface area contributed by atoms with Gasteiger partial charge in [0.1, 0.15) is 11.5 Å². The minimum atomic E-state index is -0.995. The largest absolute Gasteiger partial charge is 0.507 e. The van der Waals surface area contributed by atoms with E-state index in [4.69, 9.17) is 21.1 Å². The van der Waals surface area contributed by atoms with Crippen molar-refractivity contribution < 1.29 is 29.3 Å². The van der Waals surface area contributed by atoms with Crippen LogP contribution in [0, 0.1) is 0 Å². The summed E-state index contributed by atoms with van der Waals surface area (Å²) in [6.45, 7) is 4.35. The van der Waals surface area contributed by atoms with Crippen LogP contribution >= 0.6 is 11.6 Å². The number of amides is 1. The van der Waals surface area contributed by atoms with Crippen molar-refractivity contribution in [3.8, 4) is 17.2 Å². The predicted molar refractivity (Wildman–Crippen MR) is 133 cm³/mol. The highest BCUT2D eigenvalue weighted by Crippen LogP contribution is 2.44. The maximum atomic E-state index is 13.3. The Bertz CT molecular complexity index is 1320. The van der Waals surface area contributed by atoms with Gasteiger partial charge in [-0.3, -0.25) is 14.5 Å². The third-order valence-electron chi connectivity index (χ3n) is 5.55. The molecule has 1 heterocycles. The molecule has 8 heteroatoms. The molecule has 2 N–H and O–H groups in total. The average Bonchev–Trinajstić information content (AvgIpc) is 3.11. The number of aromatic hydroxyl groups is 1. The number of anilines is 1. The van der Waals surface area contributed by atoms with Crippen molar-refractivity contribution in [3.05, 3.63) is 88.5 Å². The molecule has 3 aromatic carbocycles. The van der Waals surface area contributed by atoms with E-state index in [0.29, 0.717) is 40.8 Å². The molecule has 1 unspecified atom stereocenters. The number of rotatable bonds is 7. The molecule has 0 bridgehead atoms. The fourth-order valence-electron chi connectivity index (χ4n) is 4.07. The molecule has 0 radical (unpaired) electrons. The van der Waals surface area contributed by atoms with E-state index in [1.54, 1.807) is 61.5 Å². The molecule has 0 saturated carbocycles. The summed E-state index contributed by atoms with van der Waals surface area (Å²) < 4.78 is 11.1. The second-order valence-electron chi connectivity index (χ2n) is 7.77. The molecule has 1 fully saturated rings. The Morgan fingerprint density at radius 1 is 0.971 bits per heavy atom. The number of Topliss-reactive ketones (excluding diaryl/α,β-unsaturated/α-hetero) is 1. The molecule has 1 atom stereocenters. The number of ether oxygens (including phenoxy) is 2. The van der Waals surface area contributed by atoms with Gasteiger partial charge in [0, 0.05) is 22.3 Å². The molecule has 0 aromatic heterocycles. The molecule has 7 nitrogen and oxygen atoms in total. The number of benzene rings is 3. The van der Waals surface area contributed by atoms with E-state index in [9.17, 15) is 19.8 Å². The van der Waals surface area contributed by atoms with E-state index in [1.807, 2.05) is 6.92 Å². The first-order valence-electron chi connectivity index (χ1n) is 11.1. The number of carbonyl (C=O) groups excluding carboxylic acids is 2. The lowest BCUT2D eigenvalue weighted by atomic mass is 9.94. The number of phenolic OH excluding ortho intramolecular Hbond substituents is 1. The molecular formula is C27H24ClNO6. The Labute approximate surface area is 207 Å². The molecule has 0 aliphatic carbocycles. The maximum Gasteiger partial charge on any atom is 0.300 e. The summed E-state index contributed by atoms with van der Waals surface area (Å²) in [5.74, 6) is -1.37. The maximum absolute atomic E-state index is 13.3. The normalized spacial score (nSPS) is 17.0. The Morgan fingerprint density at radius 2 is 1.71 bits per heavy atom. The van der Waals surface area contributed by atoms with Gasteiger partial charge in [0.2, 0.25) is 0 Å². The van der Waals surface area contributed by atoms with E-state index < -0.39 is 17.7 Å². The van der Waals surface area contributed by atoms with Crippen LogP contribution in [0.2, 0.25) is 5.02 Å². The van der Waals surface area contributed by atoms with E-state index in [1.165, 1.54) is 17.0 Å². The highest BCUT2D eigenvalue weighted by molar-refractivity contribution is 6.51. The zero-order chi connectivity index (χ0) is 25.1. The van der Waals surface area contributed by atoms with Gasteiger partial charge < -0.3 is 19.7 Å². The van der Waals surface area contributed by atoms with Crippen LogP contribution in [-0.4, -0.2) is 35.1 Å². The smallest absolute Gasteiger partial charge is 0.300 e. The second kappa shape index (κ2) is 10.1. The van der Waals surface area contributed by atoms with Crippen molar-refractivity contribution in [1.82, 2.24) is 0 Å². The van der Waals surface area contributed by atoms with Gasteiger partial charge in [0.05, 0.1) is 24.8 Å². The van der Waals surface area contributed by atoms with Gasteiger partial charge in [-0.05, 0) is 55.8 Å². The summed E-state index contributed by atoms with van der Waals surface area (Å²) in [6.07, 6.45) is 0. The van der Waals surface area contributed by atoms with Crippen LogP contribution < -0.4 is 14.4 Å². The Hall–Kier alpha value is -3.97. The molecule has 1 aliphatic rings. The van der Waals surface area contributed by atoms with E-state index >= 15 is 0 Å². The molecular weight excluding hydrogens is 470 g/mol. The predicted octanol–water partition coefficient (Wildman–Crippen LogP) is 5.47. The first kappa shape index (κ1) is 24.2. The zero-order valence-electron chi connectivity index (χ0n) is 19.2. The molecule has 1 aliphatic heterocycles. The number of phenols is 1. The first-order valence-corrected chi connectivity index (χ1v) is 11.5. The standard InChI is InChI=1S/C27H24ClNO6/c1-3-34-20-10-6-9-19(15-20)29-24(16-11-12-21(30)22(14-16)35-4-2)23(26(32)27(29)33)25(31)17-7-5-8-18(28)13-17/h5-15,24,30-31H,3-4H2,1-2H3/b25-23-. The van der Waals surface area contributed by atoms with Gasteiger partial charge in [-0.1, -0.05) is 35.9 Å². The summed E-state index contributed by atoms with van der Waals surface area (Å²) in [4.78, 5) is 27.9. The Kier molecular flexibility index (Phi) is 6.98. The van der Waals surface area contributed by atoms with Crippen molar-refractivity contribution >= 4 is 34.7 Å².